The molecule has 0 aromatic carbocycles. The molecule has 0 amide bonds. The van der Waals surface area contributed by atoms with Gasteiger partial charge in [0.25, 0.3) is 0 Å². The Hall–Kier alpha value is -0.120. The predicted molar refractivity (Wildman–Crippen MR) is 47.7 cm³/mol. The summed E-state index contributed by atoms with van der Waals surface area (Å²) in [5, 5.41) is 5.51. The lowest BCUT2D eigenvalue weighted by Gasteiger charge is -2.15. The van der Waals surface area contributed by atoms with Gasteiger partial charge in [-0.05, 0) is 38.3 Å². The fourth-order valence-corrected chi connectivity index (χ4v) is 1.96. The zero-order valence-electron chi connectivity index (χ0n) is 7.59. The standard InChI is InChI=1S/C9H18N2O/c1-5-11(12-7-1)6-3-9-2-4-10-8-9/h9-10H,1-8H2. The largest absolute Gasteiger partial charge is 0.316 e. The normalized spacial score (nSPS) is 31.5. The van der Waals surface area contributed by atoms with Crippen LogP contribution in [-0.2, 0) is 4.84 Å². The van der Waals surface area contributed by atoms with Crippen molar-refractivity contribution in [3.63, 3.8) is 0 Å². The Kier molecular flexibility index (Phi) is 2.98. The minimum atomic E-state index is 0.897. The molecule has 0 radical (unpaired) electrons. The number of hydrogen-bond acceptors (Lipinski definition) is 3. The predicted octanol–water partition coefficient (Wildman–Crippen LogP) is 0.623. The second-order valence-electron chi connectivity index (χ2n) is 3.76. The van der Waals surface area contributed by atoms with Gasteiger partial charge in [0.05, 0.1) is 6.61 Å². The van der Waals surface area contributed by atoms with Gasteiger partial charge in [-0.2, -0.15) is 5.06 Å². The number of hydroxylamine groups is 2. The SMILES string of the molecule is C1CON(CCC2CCNC2)C1. The van der Waals surface area contributed by atoms with Gasteiger partial charge in [-0.25, -0.2) is 0 Å². The van der Waals surface area contributed by atoms with E-state index in [9.17, 15) is 0 Å². The molecule has 3 nitrogen and oxygen atoms in total. The van der Waals surface area contributed by atoms with Crippen molar-refractivity contribution in [3.8, 4) is 0 Å². The van der Waals surface area contributed by atoms with Crippen LogP contribution in [0.2, 0.25) is 0 Å². The van der Waals surface area contributed by atoms with E-state index in [0.29, 0.717) is 0 Å². The first-order valence-electron chi connectivity index (χ1n) is 5.04. The number of rotatable bonds is 3. The summed E-state index contributed by atoms with van der Waals surface area (Å²) < 4.78 is 0. The van der Waals surface area contributed by atoms with Gasteiger partial charge in [-0.15, -0.1) is 0 Å². The summed E-state index contributed by atoms with van der Waals surface area (Å²) in [6.45, 7) is 5.63. The molecule has 2 aliphatic heterocycles. The number of nitrogens with one attached hydrogen (secondary N) is 1. The summed E-state index contributed by atoms with van der Waals surface area (Å²) in [4.78, 5) is 5.43. The van der Waals surface area contributed by atoms with Gasteiger partial charge in [-0.3, -0.25) is 4.84 Å². The Morgan fingerprint density at radius 3 is 3.17 bits per heavy atom. The molecule has 0 aliphatic carbocycles. The zero-order chi connectivity index (χ0) is 8.23. The summed E-state index contributed by atoms with van der Waals surface area (Å²) in [7, 11) is 0. The highest BCUT2D eigenvalue weighted by Crippen LogP contribution is 2.14. The molecule has 70 valence electrons. The Bertz CT molecular complexity index is 112. The molecule has 1 N–H and O–H groups in total. The topological polar surface area (TPSA) is 24.5 Å². The van der Waals surface area contributed by atoms with Crippen LogP contribution in [0.3, 0.4) is 0 Å². The molecular formula is C9H18N2O. The lowest BCUT2D eigenvalue weighted by Crippen LogP contribution is -2.22. The Labute approximate surface area is 74.0 Å². The highest BCUT2D eigenvalue weighted by atomic mass is 16.7. The maximum Gasteiger partial charge on any atom is 0.0698 e. The van der Waals surface area contributed by atoms with Gasteiger partial charge in [0.1, 0.15) is 0 Å². The van der Waals surface area contributed by atoms with Crippen molar-refractivity contribution in [2.75, 3.05) is 32.8 Å². The molecule has 0 aromatic heterocycles. The van der Waals surface area contributed by atoms with E-state index in [1.807, 2.05) is 0 Å². The molecule has 3 heteroatoms. The smallest absolute Gasteiger partial charge is 0.0698 e. The van der Waals surface area contributed by atoms with Crippen molar-refractivity contribution < 1.29 is 4.84 Å². The van der Waals surface area contributed by atoms with E-state index < -0.39 is 0 Å². The monoisotopic (exact) mass is 170 g/mol. The van der Waals surface area contributed by atoms with Crippen LogP contribution >= 0.6 is 0 Å². The van der Waals surface area contributed by atoms with Gasteiger partial charge in [0, 0.05) is 13.1 Å². The molecule has 0 bridgehead atoms. The molecule has 1 unspecified atom stereocenters. The molecule has 0 spiro atoms. The Morgan fingerprint density at radius 1 is 1.50 bits per heavy atom. The second kappa shape index (κ2) is 4.21. The molecule has 1 atom stereocenters. The fourth-order valence-electron chi connectivity index (χ4n) is 1.96. The zero-order valence-corrected chi connectivity index (χ0v) is 7.59. The van der Waals surface area contributed by atoms with Crippen molar-refractivity contribution in [3.05, 3.63) is 0 Å². The van der Waals surface area contributed by atoms with E-state index in [0.717, 1.165) is 25.6 Å². The molecule has 2 fully saturated rings. The molecule has 0 saturated carbocycles. The van der Waals surface area contributed by atoms with Crippen LogP contribution in [0.15, 0.2) is 0 Å². The highest BCUT2D eigenvalue weighted by molar-refractivity contribution is 4.71. The minimum Gasteiger partial charge on any atom is -0.316 e. The first-order chi connectivity index (χ1) is 5.95. The van der Waals surface area contributed by atoms with Gasteiger partial charge in [0.2, 0.25) is 0 Å². The average molecular weight is 170 g/mol. The second-order valence-corrected chi connectivity index (χ2v) is 3.76. The average Bonchev–Trinajstić information content (AvgIpc) is 2.74. The van der Waals surface area contributed by atoms with E-state index in [1.54, 1.807) is 0 Å². The Balaban J connectivity index is 1.60. The third-order valence-corrected chi connectivity index (χ3v) is 2.77. The third kappa shape index (κ3) is 2.19. The van der Waals surface area contributed by atoms with E-state index in [1.165, 1.54) is 32.4 Å². The molecule has 12 heavy (non-hydrogen) atoms. The summed E-state index contributed by atoms with van der Waals surface area (Å²) >= 11 is 0. The molecule has 0 aromatic rings. The van der Waals surface area contributed by atoms with Gasteiger partial charge >= 0.3 is 0 Å². The van der Waals surface area contributed by atoms with E-state index >= 15 is 0 Å². The summed E-state index contributed by atoms with van der Waals surface area (Å²) in [5.74, 6) is 0.897. The summed E-state index contributed by atoms with van der Waals surface area (Å²) in [6.07, 6.45) is 3.86. The summed E-state index contributed by atoms with van der Waals surface area (Å²) in [6, 6.07) is 0. The van der Waals surface area contributed by atoms with E-state index in [4.69, 9.17) is 4.84 Å². The van der Waals surface area contributed by atoms with Crippen LogP contribution in [0.5, 0.6) is 0 Å². The molecular weight excluding hydrogens is 152 g/mol. The van der Waals surface area contributed by atoms with Crippen LogP contribution in [0.1, 0.15) is 19.3 Å². The van der Waals surface area contributed by atoms with Crippen LogP contribution in [0.25, 0.3) is 0 Å². The lowest BCUT2D eigenvalue weighted by atomic mass is 10.1. The molecule has 2 saturated heterocycles. The Morgan fingerprint density at radius 2 is 2.50 bits per heavy atom. The molecule has 2 heterocycles. The van der Waals surface area contributed by atoms with Crippen molar-refractivity contribution in [2.45, 2.75) is 19.3 Å². The minimum absolute atomic E-state index is 0.897. The van der Waals surface area contributed by atoms with Crippen molar-refractivity contribution >= 4 is 0 Å². The highest BCUT2D eigenvalue weighted by Gasteiger charge is 2.17. The first-order valence-corrected chi connectivity index (χ1v) is 5.04. The molecule has 2 aliphatic rings. The van der Waals surface area contributed by atoms with E-state index in [-0.39, 0.29) is 0 Å². The van der Waals surface area contributed by atoms with Gasteiger partial charge < -0.3 is 5.32 Å². The summed E-state index contributed by atoms with van der Waals surface area (Å²) in [5.41, 5.74) is 0. The first kappa shape index (κ1) is 8.48. The van der Waals surface area contributed by atoms with Crippen molar-refractivity contribution in [2.24, 2.45) is 5.92 Å². The third-order valence-electron chi connectivity index (χ3n) is 2.77. The van der Waals surface area contributed by atoms with Crippen LogP contribution in [0, 0.1) is 5.92 Å². The van der Waals surface area contributed by atoms with Crippen molar-refractivity contribution in [1.29, 1.82) is 0 Å². The number of nitrogens with zero attached hydrogens (tertiary/aromatic N) is 1. The van der Waals surface area contributed by atoms with Crippen LogP contribution in [0.4, 0.5) is 0 Å². The van der Waals surface area contributed by atoms with E-state index in [2.05, 4.69) is 10.4 Å². The van der Waals surface area contributed by atoms with Crippen LogP contribution < -0.4 is 5.32 Å². The van der Waals surface area contributed by atoms with Crippen LogP contribution in [-0.4, -0.2) is 37.8 Å². The quantitative estimate of drug-likeness (QED) is 0.672. The maximum absolute atomic E-state index is 5.43. The molecule has 2 rings (SSSR count). The van der Waals surface area contributed by atoms with Crippen molar-refractivity contribution in [1.82, 2.24) is 10.4 Å². The van der Waals surface area contributed by atoms with Gasteiger partial charge in [-0.1, -0.05) is 0 Å². The lowest BCUT2D eigenvalue weighted by molar-refractivity contribution is -0.111. The fraction of sp³-hybridized carbons (Fsp3) is 1.00. The number of hydrogen-bond donors (Lipinski definition) is 1. The van der Waals surface area contributed by atoms with Gasteiger partial charge in [0.15, 0.2) is 0 Å². The maximum atomic E-state index is 5.43.